The average Bonchev–Trinajstić information content (AvgIpc) is 1.62. The Morgan fingerprint density at radius 3 is 1.70 bits per heavy atom. The van der Waals surface area contributed by atoms with Crippen molar-refractivity contribution >= 4 is 13.0 Å². The third kappa shape index (κ3) is 1.60. The molecule has 0 saturated carbocycles. The maximum atomic E-state index is 11.4. The number of carbonyl (C=O) groups excluding carboxylic acids is 1. The van der Waals surface area contributed by atoms with Gasteiger partial charge in [0.05, 0.1) is 12.3 Å². The molecule has 2 N–H and O–H groups in total. The van der Waals surface area contributed by atoms with Crippen molar-refractivity contribution in [3.8, 4) is 0 Å². The molecule has 0 spiro atoms. The van der Waals surface area contributed by atoms with Crippen molar-refractivity contribution in [2.24, 2.45) is 5.73 Å². The van der Waals surface area contributed by atoms with Crippen molar-refractivity contribution < 1.29 is 9.36 Å². The largest absolute Gasteiger partial charge is 0.369 e. The van der Waals surface area contributed by atoms with E-state index in [0.717, 1.165) is 0 Å². The number of hydrogen-bond donors (Lipinski definition) is 1. The van der Waals surface area contributed by atoms with Gasteiger partial charge in [0.15, 0.2) is 0 Å². The van der Waals surface area contributed by atoms with Gasteiger partial charge in [0.2, 0.25) is 5.91 Å². The van der Waals surface area contributed by atoms with Crippen molar-refractivity contribution in [2.75, 3.05) is 13.3 Å². The van der Waals surface area contributed by atoms with Crippen molar-refractivity contribution in [1.29, 1.82) is 0 Å². The molecule has 10 heavy (non-hydrogen) atoms. The predicted molar refractivity (Wildman–Crippen MR) is 42.7 cm³/mol. The van der Waals surface area contributed by atoms with Gasteiger partial charge in [-0.15, -0.1) is 0 Å². The maximum Gasteiger partial charge on any atom is 0.230 e. The van der Waals surface area contributed by atoms with Crippen LogP contribution in [0.15, 0.2) is 0 Å². The highest BCUT2D eigenvalue weighted by Gasteiger charge is 2.37. The molecule has 0 unspecified atom stereocenters. The molecule has 60 valence electrons. The van der Waals surface area contributed by atoms with Gasteiger partial charge < -0.3 is 10.3 Å². The highest BCUT2D eigenvalue weighted by molar-refractivity contribution is 7.65. The van der Waals surface area contributed by atoms with Gasteiger partial charge in [0.25, 0.3) is 0 Å². The molecule has 3 nitrogen and oxygen atoms in total. The molecular formula is C6H14NO2P. The van der Waals surface area contributed by atoms with Crippen LogP contribution in [0.2, 0.25) is 0 Å². The zero-order valence-corrected chi connectivity index (χ0v) is 7.74. The highest BCUT2D eigenvalue weighted by atomic mass is 31.2. The second-order valence-corrected chi connectivity index (χ2v) is 7.09. The van der Waals surface area contributed by atoms with Crippen LogP contribution in [-0.4, -0.2) is 24.4 Å². The topological polar surface area (TPSA) is 60.2 Å². The molecule has 0 bridgehead atoms. The fourth-order valence-electron chi connectivity index (χ4n) is 0.265. The summed E-state index contributed by atoms with van der Waals surface area (Å²) < 4.78 is 11.4. The molecule has 0 aromatic carbocycles. The molecule has 0 aromatic heterocycles. The molecule has 1 amide bonds. The summed E-state index contributed by atoms with van der Waals surface area (Å²) in [6.45, 7) is 6.35. The third-order valence-electron chi connectivity index (χ3n) is 1.95. The summed E-state index contributed by atoms with van der Waals surface area (Å²) in [5.74, 6) is -0.499. The summed E-state index contributed by atoms with van der Waals surface area (Å²) in [5, 5.41) is -0.868. The lowest BCUT2D eigenvalue weighted by Crippen LogP contribution is -2.37. The zero-order valence-electron chi connectivity index (χ0n) is 6.84. The molecule has 0 atom stereocenters. The molecular weight excluding hydrogens is 149 g/mol. The molecule has 0 rings (SSSR count). The van der Waals surface area contributed by atoms with Gasteiger partial charge in [0.1, 0.15) is 0 Å². The van der Waals surface area contributed by atoms with Crippen LogP contribution in [0.5, 0.6) is 0 Å². The lowest BCUT2D eigenvalue weighted by molar-refractivity contribution is -0.119. The fraction of sp³-hybridized carbons (Fsp3) is 0.833. The molecule has 0 aromatic rings. The van der Waals surface area contributed by atoms with Crippen LogP contribution in [0.4, 0.5) is 0 Å². The Hall–Kier alpha value is -0.300. The van der Waals surface area contributed by atoms with Gasteiger partial charge in [-0.05, 0) is 27.2 Å². The monoisotopic (exact) mass is 163 g/mol. The van der Waals surface area contributed by atoms with Crippen LogP contribution in [0.3, 0.4) is 0 Å². The maximum absolute atomic E-state index is 11.4. The van der Waals surface area contributed by atoms with Gasteiger partial charge in [-0.25, -0.2) is 0 Å². The van der Waals surface area contributed by atoms with Crippen LogP contribution >= 0.6 is 7.14 Å². The van der Waals surface area contributed by atoms with E-state index in [-0.39, 0.29) is 0 Å². The molecule has 0 aliphatic rings. The van der Waals surface area contributed by atoms with E-state index in [4.69, 9.17) is 5.73 Å². The summed E-state index contributed by atoms with van der Waals surface area (Å²) >= 11 is 0. The van der Waals surface area contributed by atoms with Crippen LogP contribution in [0.25, 0.3) is 0 Å². The molecule has 0 heterocycles. The number of hydrogen-bond acceptors (Lipinski definition) is 2. The Balaban J connectivity index is 4.75. The minimum absolute atomic E-state index is 0.499. The van der Waals surface area contributed by atoms with E-state index < -0.39 is 18.2 Å². The van der Waals surface area contributed by atoms with Gasteiger partial charge in [0, 0.05) is 0 Å². The predicted octanol–water partition coefficient (Wildman–Crippen LogP) is 0.873. The van der Waals surface area contributed by atoms with Gasteiger partial charge >= 0.3 is 0 Å². The summed E-state index contributed by atoms with van der Waals surface area (Å²) in [4.78, 5) is 10.7. The Kier molecular flexibility index (Phi) is 2.32. The van der Waals surface area contributed by atoms with E-state index in [1.807, 2.05) is 0 Å². The zero-order chi connectivity index (χ0) is 8.58. The van der Waals surface area contributed by atoms with Crippen LogP contribution in [-0.2, 0) is 9.36 Å². The second-order valence-electron chi connectivity index (χ2n) is 3.27. The van der Waals surface area contributed by atoms with Gasteiger partial charge in [-0.2, -0.15) is 0 Å². The minimum Gasteiger partial charge on any atom is -0.369 e. The quantitative estimate of drug-likeness (QED) is 0.614. The van der Waals surface area contributed by atoms with Crippen LogP contribution < -0.4 is 5.73 Å². The standard InChI is InChI=1S/C6H14NO2P/c1-6(2,5(7)8)10(3,4)9/h1-4H3,(H2,7,8). The SMILES string of the molecule is CC(C)(C(N)=O)P(C)(C)=O. The first-order valence-electron chi connectivity index (χ1n) is 3.04. The van der Waals surface area contributed by atoms with E-state index in [1.54, 1.807) is 27.2 Å². The van der Waals surface area contributed by atoms with Crippen molar-refractivity contribution in [3.63, 3.8) is 0 Å². The Labute approximate surface area is 61.4 Å². The molecule has 4 heteroatoms. The lowest BCUT2D eigenvalue weighted by atomic mass is 10.2. The third-order valence-corrected chi connectivity index (χ3v) is 4.86. The number of amides is 1. The second kappa shape index (κ2) is 2.39. The summed E-state index contributed by atoms with van der Waals surface area (Å²) in [6.07, 6.45) is 0. The molecule has 0 aliphatic carbocycles. The first kappa shape index (κ1) is 9.70. The Morgan fingerprint density at radius 2 is 1.70 bits per heavy atom. The van der Waals surface area contributed by atoms with E-state index in [2.05, 4.69) is 0 Å². The smallest absolute Gasteiger partial charge is 0.230 e. The van der Waals surface area contributed by atoms with Crippen molar-refractivity contribution in [2.45, 2.75) is 19.0 Å². The number of primary amides is 1. The van der Waals surface area contributed by atoms with Crippen LogP contribution in [0, 0.1) is 0 Å². The molecule has 0 fully saturated rings. The summed E-state index contributed by atoms with van der Waals surface area (Å²) in [5.41, 5.74) is 5.05. The highest BCUT2D eigenvalue weighted by Crippen LogP contribution is 2.50. The minimum atomic E-state index is -2.40. The van der Waals surface area contributed by atoms with E-state index in [1.165, 1.54) is 0 Å². The number of rotatable bonds is 2. The normalized spacial score (nSPS) is 13.2. The first-order valence-corrected chi connectivity index (χ1v) is 5.64. The number of nitrogens with two attached hydrogens (primary N) is 1. The van der Waals surface area contributed by atoms with Crippen LogP contribution in [0.1, 0.15) is 13.8 Å². The average molecular weight is 163 g/mol. The number of carbonyl (C=O) groups is 1. The fourth-order valence-corrected chi connectivity index (χ4v) is 0.796. The van der Waals surface area contributed by atoms with Gasteiger partial charge in [-0.3, -0.25) is 4.79 Å². The Bertz CT molecular complexity index is 192. The summed E-state index contributed by atoms with van der Waals surface area (Å²) in [7, 11) is -2.40. The molecule has 0 saturated heterocycles. The van der Waals surface area contributed by atoms with Gasteiger partial charge in [-0.1, -0.05) is 0 Å². The van der Waals surface area contributed by atoms with Crippen molar-refractivity contribution in [3.05, 3.63) is 0 Å². The first-order chi connectivity index (χ1) is 4.19. The molecule has 0 aliphatic heterocycles. The Morgan fingerprint density at radius 1 is 1.40 bits per heavy atom. The lowest BCUT2D eigenvalue weighted by Gasteiger charge is -2.24. The van der Waals surface area contributed by atoms with E-state index >= 15 is 0 Å². The van der Waals surface area contributed by atoms with E-state index in [9.17, 15) is 9.36 Å². The van der Waals surface area contributed by atoms with Crippen molar-refractivity contribution in [1.82, 2.24) is 0 Å². The molecule has 0 radical (unpaired) electrons. The van der Waals surface area contributed by atoms with E-state index in [0.29, 0.717) is 0 Å². The summed E-state index contributed by atoms with van der Waals surface area (Å²) in [6, 6.07) is 0.